The van der Waals surface area contributed by atoms with Gasteiger partial charge in [0.15, 0.2) is 0 Å². The van der Waals surface area contributed by atoms with Crippen molar-refractivity contribution in [3.05, 3.63) is 0 Å². The number of alkyl carbamates (subject to hydrolysis) is 1. The van der Waals surface area contributed by atoms with Gasteiger partial charge < -0.3 is 15.2 Å². The lowest BCUT2D eigenvalue weighted by Crippen LogP contribution is -2.41. The molecule has 0 heterocycles. The van der Waals surface area contributed by atoms with Crippen LogP contribution in [0.2, 0.25) is 0 Å². The Kier molecular flexibility index (Phi) is 3.11. The maximum absolute atomic E-state index is 11.1. The fourth-order valence-corrected chi connectivity index (χ4v) is 0.510. The second kappa shape index (κ2) is 4.11. The highest BCUT2D eigenvalue weighted by Gasteiger charge is 2.20. The van der Waals surface area contributed by atoms with Gasteiger partial charge in [-0.05, 0) is 27.7 Å². The molecule has 0 aliphatic heterocycles. The molecular weight excluding hydrogens is 174 g/mol. The van der Waals surface area contributed by atoms with E-state index in [2.05, 4.69) is 0 Å². The first-order valence-electron chi connectivity index (χ1n) is 4.29. The van der Waals surface area contributed by atoms with Crippen molar-refractivity contribution in [2.75, 3.05) is 0 Å². The van der Waals surface area contributed by atoms with Crippen LogP contribution in [0.1, 0.15) is 29.1 Å². The Bertz CT molecular complexity index is 244. The topological polar surface area (TPSA) is 75.6 Å². The minimum absolute atomic E-state index is 0.710. The van der Waals surface area contributed by atoms with Gasteiger partial charge in [-0.15, -0.1) is 0 Å². The molecule has 0 saturated carbocycles. The summed E-state index contributed by atoms with van der Waals surface area (Å²) in [6, 6.07) is -2.07. The summed E-state index contributed by atoms with van der Waals surface area (Å²) in [6.45, 7) is 6.00. The van der Waals surface area contributed by atoms with Gasteiger partial charge in [-0.25, -0.2) is 4.79 Å². The van der Waals surface area contributed by atoms with Crippen LogP contribution in [0.3, 0.4) is 0 Å². The summed E-state index contributed by atoms with van der Waals surface area (Å²) in [5.74, 6) is -1.44. The van der Waals surface area contributed by atoms with Gasteiger partial charge in [-0.2, -0.15) is 0 Å². The second-order valence-electron chi connectivity index (χ2n) is 3.56. The van der Waals surface area contributed by atoms with Gasteiger partial charge in [-0.3, -0.25) is 4.79 Å². The molecule has 1 unspecified atom stereocenters. The lowest BCUT2D eigenvalue weighted by molar-refractivity contribution is -0.139. The maximum Gasteiger partial charge on any atom is 0.408 e. The molecule has 0 radical (unpaired) electrons. The summed E-state index contributed by atoms with van der Waals surface area (Å²) in [6.07, 6.45) is -0.919. The summed E-state index contributed by atoms with van der Waals surface area (Å²) in [4.78, 5) is 21.5. The number of carbonyl (C=O) groups is 2. The van der Waals surface area contributed by atoms with E-state index in [0.29, 0.717) is 0 Å². The number of carboxylic acids is 1. The van der Waals surface area contributed by atoms with Crippen LogP contribution in [-0.4, -0.2) is 28.8 Å². The number of carboxylic acid groups (broad SMARTS) is 1. The lowest BCUT2D eigenvalue weighted by atomic mass is 10.2. The largest absolute Gasteiger partial charge is 0.480 e. The molecule has 1 amide bonds. The molecule has 5 heteroatoms. The zero-order chi connectivity index (χ0) is 11.6. The lowest BCUT2D eigenvalue weighted by Gasteiger charge is -2.20. The maximum atomic E-state index is 11.1. The van der Waals surface area contributed by atoms with E-state index in [1.807, 2.05) is 5.32 Å². The van der Waals surface area contributed by atoms with Crippen molar-refractivity contribution in [2.45, 2.75) is 39.3 Å². The van der Waals surface area contributed by atoms with Gasteiger partial charge in [0.05, 0.1) is 1.37 Å². The number of rotatable bonds is 2. The van der Waals surface area contributed by atoms with E-state index in [9.17, 15) is 9.59 Å². The highest BCUT2D eigenvalue weighted by atomic mass is 16.6. The summed E-state index contributed by atoms with van der Waals surface area (Å²) in [5, 5.41) is 10.4. The Morgan fingerprint density at radius 3 is 2.31 bits per heavy atom. The average Bonchev–Trinajstić information content (AvgIpc) is 1.79. The normalized spacial score (nSPS) is 16.8. The zero-order valence-corrected chi connectivity index (χ0v) is 8.17. The summed E-state index contributed by atoms with van der Waals surface area (Å²) >= 11 is 0. The first-order valence-corrected chi connectivity index (χ1v) is 3.79. The molecule has 76 valence electrons. The third kappa shape index (κ3) is 5.95. The monoisotopic (exact) mass is 190 g/mol. The third-order valence-electron chi connectivity index (χ3n) is 1.01. The van der Waals surface area contributed by atoms with Gasteiger partial charge in [-0.1, -0.05) is 0 Å². The van der Waals surface area contributed by atoms with Crippen LogP contribution >= 0.6 is 0 Å². The molecule has 0 rings (SSSR count). The van der Waals surface area contributed by atoms with Gasteiger partial charge in [0.25, 0.3) is 0 Å². The third-order valence-corrected chi connectivity index (χ3v) is 1.01. The number of ether oxygens (including phenoxy) is 1. The van der Waals surface area contributed by atoms with Crippen molar-refractivity contribution in [3.63, 3.8) is 0 Å². The quantitative estimate of drug-likeness (QED) is 0.680. The summed E-state index contributed by atoms with van der Waals surface area (Å²) in [7, 11) is 0. The van der Waals surface area contributed by atoms with Crippen molar-refractivity contribution in [3.8, 4) is 0 Å². The van der Waals surface area contributed by atoms with E-state index in [1.54, 1.807) is 20.8 Å². The molecule has 0 aliphatic rings. The standard InChI is InChI=1S/C8H15NO4/c1-5(6(10)11)9-7(12)13-8(2,3)4/h5H,1-4H3,(H,9,12)(H,10,11)/i5D. The average molecular weight is 190 g/mol. The molecule has 2 N–H and O–H groups in total. The van der Waals surface area contributed by atoms with Crippen LogP contribution in [0, 0.1) is 0 Å². The van der Waals surface area contributed by atoms with Crippen LogP contribution in [0.25, 0.3) is 0 Å². The first kappa shape index (κ1) is 9.83. The van der Waals surface area contributed by atoms with Crippen LogP contribution in [0.5, 0.6) is 0 Å². The predicted molar refractivity (Wildman–Crippen MR) is 46.5 cm³/mol. The van der Waals surface area contributed by atoms with Crippen LogP contribution < -0.4 is 5.32 Å². The summed E-state index contributed by atoms with van der Waals surface area (Å²) < 4.78 is 12.0. The van der Waals surface area contributed by atoms with Crippen LogP contribution in [-0.2, 0) is 9.53 Å². The molecular formula is C8H15NO4. The molecule has 0 bridgehead atoms. The smallest absolute Gasteiger partial charge is 0.408 e. The van der Waals surface area contributed by atoms with E-state index in [4.69, 9.17) is 11.2 Å². The van der Waals surface area contributed by atoms with Crippen molar-refractivity contribution < 1.29 is 20.8 Å². The van der Waals surface area contributed by atoms with Crippen LogP contribution in [0.15, 0.2) is 0 Å². The van der Waals surface area contributed by atoms with Gasteiger partial charge in [0.2, 0.25) is 0 Å². The van der Waals surface area contributed by atoms with Crippen molar-refractivity contribution in [2.24, 2.45) is 0 Å². The fraction of sp³-hybridized carbons (Fsp3) is 0.750. The van der Waals surface area contributed by atoms with Gasteiger partial charge in [0.1, 0.15) is 11.6 Å². The van der Waals surface area contributed by atoms with Gasteiger partial charge >= 0.3 is 12.1 Å². The Morgan fingerprint density at radius 2 is 2.00 bits per heavy atom. The fourth-order valence-electron chi connectivity index (χ4n) is 0.510. The Morgan fingerprint density at radius 1 is 1.54 bits per heavy atom. The number of hydrogen-bond donors (Lipinski definition) is 2. The van der Waals surface area contributed by atoms with E-state index < -0.39 is 23.7 Å². The van der Waals surface area contributed by atoms with E-state index >= 15 is 0 Å². The zero-order valence-electron chi connectivity index (χ0n) is 9.17. The SMILES string of the molecule is [2H]C(C)(NC(=O)OC(C)(C)C)C(=O)O. The minimum atomic E-state index is -2.07. The number of aliphatic carboxylic acids is 1. The molecule has 5 nitrogen and oxygen atoms in total. The molecule has 0 aromatic carbocycles. The highest BCUT2D eigenvalue weighted by molar-refractivity contribution is 5.79. The van der Waals surface area contributed by atoms with Crippen molar-refractivity contribution in [1.29, 1.82) is 0 Å². The predicted octanol–water partition coefficient (Wildman–Crippen LogP) is 0.984. The van der Waals surface area contributed by atoms with Crippen molar-refractivity contribution >= 4 is 12.1 Å². The van der Waals surface area contributed by atoms with E-state index in [0.717, 1.165) is 6.92 Å². The number of amides is 1. The highest BCUT2D eigenvalue weighted by Crippen LogP contribution is 2.06. The Hall–Kier alpha value is -1.26. The first-order chi connectivity index (χ1) is 6.04. The van der Waals surface area contributed by atoms with E-state index in [1.165, 1.54) is 0 Å². The molecule has 0 saturated heterocycles. The van der Waals surface area contributed by atoms with Crippen LogP contribution in [0.4, 0.5) is 4.79 Å². The number of nitrogens with one attached hydrogen (secondary N) is 1. The number of carbonyl (C=O) groups excluding carboxylic acids is 1. The molecule has 1 atom stereocenters. The van der Waals surface area contributed by atoms with Crippen molar-refractivity contribution in [1.82, 2.24) is 5.32 Å². The molecule has 0 aromatic rings. The molecule has 0 aliphatic carbocycles. The van der Waals surface area contributed by atoms with Gasteiger partial charge in [0, 0.05) is 0 Å². The number of hydrogen-bond acceptors (Lipinski definition) is 3. The summed E-state index contributed by atoms with van der Waals surface area (Å²) in [5.41, 5.74) is -0.710. The molecule has 0 fully saturated rings. The minimum Gasteiger partial charge on any atom is -0.480 e. The Balaban J connectivity index is 4.27. The molecule has 0 spiro atoms. The van der Waals surface area contributed by atoms with E-state index in [-0.39, 0.29) is 0 Å². The molecule has 0 aromatic heterocycles. The Labute approximate surface area is 78.5 Å². The molecule has 13 heavy (non-hydrogen) atoms. The second-order valence-corrected chi connectivity index (χ2v) is 3.56.